The van der Waals surface area contributed by atoms with Crippen LogP contribution in [0.15, 0.2) is 48.8 Å². The number of carbonyl (C=O) groups excluding carboxylic acids is 2. The van der Waals surface area contributed by atoms with E-state index in [1.54, 1.807) is 12.4 Å². The SMILES string of the molecule is CCC(C)C(=O)NC1CCN(c2ccccc2C(=O)NCc2ccncc2)CC1. The lowest BCUT2D eigenvalue weighted by atomic mass is 10.0. The van der Waals surface area contributed by atoms with Gasteiger partial charge < -0.3 is 15.5 Å². The van der Waals surface area contributed by atoms with Gasteiger partial charge in [-0.25, -0.2) is 0 Å². The van der Waals surface area contributed by atoms with Gasteiger partial charge in [-0.05, 0) is 49.1 Å². The van der Waals surface area contributed by atoms with E-state index >= 15 is 0 Å². The molecule has 29 heavy (non-hydrogen) atoms. The van der Waals surface area contributed by atoms with Crippen LogP contribution in [0.1, 0.15) is 49.0 Å². The van der Waals surface area contributed by atoms with Crippen LogP contribution < -0.4 is 15.5 Å². The normalized spacial score (nSPS) is 15.6. The number of carbonyl (C=O) groups is 2. The van der Waals surface area contributed by atoms with E-state index in [0.717, 1.165) is 43.6 Å². The number of nitrogens with one attached hydrogen (secondary N) is 2. The second-order valence-electron chi connectivity index (χ2n) is 7.63. The summed E-state index contributed by atoms with van der Waals surface area (Å²) < 4.78 is 0. The molecule has 1 aliphatic heterocycles. The van der Waals surface area contributed by atoms with Crippen LogP contribution in [0.5, 0.6) is 0 Å². The highest BCUT2D eigenvalue weighted by molar-refractivity contribution is 5.99. The Hall–Kier alpha value is -2.89. The predicted molar refractivity (Wildman–Crippen MR) is 115 cm³/mol. The van der Waals surface area contributed by atoms with E-state index in [1.807, 2.05) is 50.2 Å². The lowest BCUT2D eigenvalue weighted by Crippen LogP contribution is -2.46. The van der Waals surface area contributed by atoms with Crippen molar-refractivity contribution in [2.24, 2.45) is 5.92 Å². The average Bonchev–Trinajstić information content (AvgIpc) is 2.78. The number of benzene rings is 1. The first kappa shape index (κ1) is 20.8. The zero-order chi connectivity index (χ0) is 20.6. The van der Waals surface area contributed by atoms with E-state index in [0.29, 0.717) is 12.1 Å². The maximum atomic E-state index is 12.8. The number of rotatable bonds is 7. The highest BCUT2D eigenvalue weighted by Crippen LogP contribution is 2.24. The minimum Gasteiger partial charge on any atom is -0.371 e. The molecule has 1 unspecified atom stereocenters. The molecular weight excluding hydrogens is 364 g/mol. The van der Waals surface area contributed by atoms with Crippen molar-refractivity contribution in [1.29, 1.82) is 0 Å². The maximum Gasteiger partial charge on any atom is 0.253 e. The number of anilines is 1. The third-order valence-electron chi connectivity index (χ3n) is 5.59. The number of hydrogen-bond acceptors (Lipinski definition) is 4. The van der Waals surface area contributed by atoms with Crippen LogP contribution in [0.4, 0.5) is 5.69 Å². The first-order valence-electron chi connectivity index (χ1n) is 10.4. The maximum absolute atomic E-state index is 12.8. The summed E-state index contributed by atoms with van der Waals surface area (Å²) in [4.78, 5) is 31.2. The smallest absolute Gasteiger partial charge is 0.253 e. The molecule has 1 fully saturated rings. The fourth-order valence-corrected chi connectivity index (χ4v) is 3.51. The first-order valence-corrected chi connectivity index (χ1v) is 10.4. The lowest BCUT2D eigenvalue weighted by molar-refractivity contribution is -0.125. The van der Waals surface area contributed by atoms with E-state index in [2.05, 4.69) is 20.5 Å². The molecule has 0 bridgehead atoms. The second-order valence-corrected chi connectivity index (χ2v) is 7.63. The second kappa shape index (κ2) is 10.0. The fourth-order valence-electron chi connectivity index (χ4n) is 3.51. The summed E-state index contributed by atoms with van der Waals surface area (Å²) >= 11 is 0. The van der Waals surface area contributed by atoms with Gasteiger partial charge in [0.15, 0.2) is 0 Å². The van der Waals surface area contributed by atoms with Crippen LogP contribution in [0, 0.1) is 5.92 Å². The van der Waals surface area contributed by atoms with E-state index in [9.17, 15) is 9.59 Å². The van der Waals surface area contributed by atoms with Crippen molar-refractivity contribution in [3.8, 4) is 0 Å². The molecule has 0 radical (unpaired) electrons. The van der Waals surface area contributed by atoms with Crippen LogP contribution in [0.25, 0.3) is 0 Å². The Bertz CT molecular complexity index is 817. The topological polar surface area (TPSA) is 74.3 Å². The van der Waals surface area contributed by atoms with Crippen LogP contribution in [-0.2, 0) is 11.3 Å². The van der Waals surface area contributed by atoms with Crippen molar-refractivity contribution in [1.82, 2.24) is 15.6 Å². The van der Waals surface area contributed by atoms with Crippen LogP contribution in [0.2, 0.25) is 0 Å². The molecule has 1 atom stereocenters. The summed E-state index contributed by atoms with van der Waals surface area (Å²) in [5.74, 6) is 0.115. The van der Waals surface area contributed by atoms with Gasteiger partial charge in [0.05, 0.1) is 5.56 Å². The van der Waals surface area contributed by atoms with Crippen molar-refractivity contribution in [2.45, 2.75) is 45.7 Å². The Morgan fingerprint density at radius 3 is 2.52 bits per heavy atom. The van der Waals surface area contributed by atoms with Gasteiger partial charge in [-0.1, -0.05) is 26.0 Å². The van der Waals surface area contributed by atoms with Crippen LogP contribution in [-0.4, -0.2) is 35.9 Å². The Morgan fingerprint density at radius 1 is 1.14 bits per heavy atom. The van der Waals surface area contributed by atoms with E-state index < -0.39 is 0 Å². The van der Waals surface area contributed by atoms with Gasteiger partial charge in [0.2, 0.25) is 5.91 Å². The first-order chi connectivity index (χ1) is 14.1. The Kier molecular flexibility index (Phi) is 7.22. The average molecular weight is 395 g/mol. The summed E-state index contributed by atoms with van der Waals surface area (Å²) in [5.41, 5.74) is 2.65. The molecule has 154 valence electrons. The van der Waals surface area contributed by atoms with Crippen LogP contribution in [0.3, 0.4) is 0 Å². The van der Waals surface area contributed by atoms with Crippen molar-refractivity contribution in [2.75, 3.05) is 18.0 Å². The number of nitrogens with zero attached hydrogens (tertiary/aromatic N) is 2. The number of pyridine rings is 1. The predicted octanol–water partition coefficient (Wildman–Crippen LogP) is 3.14. The highest BCUT2D eigenvalue weighted by atomic mass is 16.2. The Morgan fingerprint density at radius 2 is 1.83 bits per heavy atom. The highest BCUT2D eigenvalue weighted by Gasteiger charge is 2.24. The van der Waals surface area contributed by atoms with Crippen molar-refractivity contribution in [3.63, 3.8) is 0 Å². The van der Waals surface area contributed by atoms with Crippen LogP contribution >= 0.6 is 0 Å². The van der Waals surface area contributed by atoms with E-state index in [1.165, 1.54) is 0 Å². The zero-order valence-electron chi connectivity index (χ0n) is 17.2. The molecule has 2 aromatic rings. The molecule has 0 saturated carbocycles. The minimum atomic E-state index is -0.0791. The third-order valence-corrected chi connectivity index (χ3v) is 5.59. The molecular formula is C23H30N4O2. The van der Waals surface area contributed by atoms with E-state index in [4.69, 9.17) is 0 Å². The number of aromatic nitrogens is 1. The summed E-state index contributed by atoms with van der Waals surface area (Å²) in [6, 6.07) is 11.7. The molecule has 1 aromatic carbocycles. The molecule has 1 saturated heterocycles. The Balaban J connectivity index is 1.59. The fraction of sp³-hybridized carbons (Fsp3) is 0.435. The van der Waals surface area contributed by atoms with Gasteiger partial charge in [-0.3, -0.25) is 14.6 Å². The summed E-state index contributed by atoms with van der Waals surface area (Å²) in [6.45, 7) is 6.11. The molecule has 2 heterocycles. The lowest BCUT2D eigenvalue weighted by Gasteiger charge is -2.35. The van der Waals surface area contributed by atoms with Crippen molar-refractivity contribution >= 4 is 17.5 Å². The monoisotopic (exact) mass is 394 g/mol. The standard InChI is InChI=1S/C23H30N4O2/c1-3-17(2)22(28)26-19-10-14-27(15-11-19)21-7-5-4-6-20(21)23(29)25-16-18-8-12-24-13-9-18/h4-9,12-13,17,19H,3,10-11,14-16H2,1-2H3,(H,25,29)(H,26,28). The molecule has 1 aliphatic rings. The van der Waals surface area contributed by atoms with Crippen molar-refractivity contribution < 1.29 is 9.59 Å². The van der Waals surface area contributed by atoms with E-state index in [-0.39, 0.29) is 23.8 Å². The third kappa shape index (κ3) is 5.56. The number of hydrogen-bond donors (Lipinski definition) is 2. The van der Waals surface area contributed by atoms with Gasteiger partial charge >= 0.3 is 0 Å². The number of amides is 2. The largest absolute Gasteiger partial charge is 0.371 e. The molecule has 6 heteroatoms. The summed E-state index contributed by atoms with van der Waals surface area (Å²) in [6.07, 6.45) is 6.07. The minimum absolute atomic E-state index is 0.0536. The van der Waals surface area contributed by atoms with Gasteiger partial charge in [0, 0.05) is 49.7 Å². The van der Waals surface area contributed by atoms with Crippen molar-refractivity contribution in [3.05, 3.63) is 59.9 Å². The summed E-state index contributed by atoms with van der Waals surface area (Å²) in [7, 11) is 0. The summed E-state index contributed by atoms with van der Waals surface area (Å²) in [5, 5.41) is 6.17. The molecule has 2 amide bonds. The number of para-hydroxylation sites is 1. The zero-order valence-corrected chi connectivity index (χ0v) is 17.2. The van der Waals surface area contributed by atoms with Gasteiger partial charge in [-0.2, -0.15) is 0 Å². The Labute approximate surface area is 172 Å². The molecule has 1 aromatic heterocycles. The number of piperidine rings is 1. The molecule has 3 rings (SSSR count). The quantitative estimate of drug-likeness (QED) is 0.757. The van der Waals surface area contributed by atoms with Gasteiger partial charge in [-0.15, -0.1) is 0 Å². The molecule has 6 nitrogen and oxygen atoms in total. The van der Waals surface area contributed by atoms with Gasteiger partial charge in [0.1, 0.15) is 0 Å². The molecule has 0 aliphatic carbocycles. The molecule has 0 spiro atoms. The van der Waals surface area contributed by atoms with Gasteiger partial charge in [0.25, 0.3) is 5.91 Å². The molecule has 2 N–H and O–H groups in total.